The van der Waals surface area contributed by atoms with Crippen LogP contribution in [-0.4, -0.2) is 24.9 Å². The van der Waals surface area contributed by atoms with E-state index in [0.29, 0.717) is 5.95 Å². The Kier molecular flexibility index (Phi) is 3.05. The fourth-order valence-electron chi connectivity index (χ4n) is 1.55. The Labute approximate surface area is 109 Å². The van der Waals surface area contributed by atoms with Crippen molar-refractivity contribution in [3.05, 3.63) is 55.5 Å². The summed E-state index contributed by atoms with van der Waals surface area (Å²) in [6.07, 6.45) is 10.0. The first-order valence-electron chi connectivity index (χ1n) is 5.67. The lowest BCUT2D eigenvalue weighted by atomic mass is 10.2. The van der Waals surface area contributed by atoms with Crippen molar-refractivity contribution >= 4 is 11.6 Å². The largest absolute Gasteiger partial charge is 0.323 e. The van der Waals surface area contributed by atoms with E-state index in [2.05, 4.69) is 30.2 Å². The number of nitrogens with one attached hydrogen (secondary N) is 1. The first-order chi connectivity index (χ1) is 9.42. The maximum Gasteiger partial charge on any atom is 0.227 e. The molecule has 0 saturated heterocycles. The molecule has 0 radical (unpaired) electrons. The van der Waals surface area contributed by atoms with E-state index in [1.807, 2.05) is 18.2 Å². The Morgan fingerprint density at radius 2 is 1.74 bits per heavy atom. The Hall–Kier alpha value is -2.89. The highest BCUT2D eigenvalue weighted by Crippen LogP contribution is 2.15. The predicted molar refractivity (Wildman–Crippen MR) is 70.6 cm³/mol. The lowest BCUT2D eigenvalue weighted by Gasteiger charge is -2.04. The van der Waals surface area contributed by atoms with Crippen molar-refractivity contribution < 1.29 is 0 Å². The van der Waals surface area contributed by atoms with E-state index < -0.39 is 0 Å². The first kappa shape index (κ1) is 11.2. The van der Waals surface area contributed by atoms with Gasteiger partial charge in [-0.3, -0.25) is 4.98 Å². The number of anilines is 2. The lowest BCUT2D eigenvalue weighted by Crippen LogP contribution is -1.97. The molecule has 0 aliphatic heterocycles. The van der Waals surface area contributed by atoms with Crippen molar-refractivity contribution in [2.45, 2.75) is 0 Å². The van der Waals surface area contributed by atoms with Crippen molar-refractivity contribution in [1.82, 2.24) is 24.9 Å². The average Bonchev–Trinajstić information content (AvgIpc) is 2.50. The quantitative estimate of drug-likeness (QED) is 0.766. The third-order valence-electron chi connectivity index (χ3n) is 2.45. The molecule has 3 rings (SSSR count). The molecule has 0 unspecified atom stereocenters. The van der Waals surface area contributed by atoms with Gasteiger partial charge < -0.3 is 5.32 Å². The fraction of sp³-hybridized carbons (Fsp3) is 0. The van der Waals surface area contributed by atoms with Gasteiger partial charge >= 0.3 is 0 Å². The van der Waals surface area contributed by atoms with E-state index in [-0.39, 0.29) is 0 Å². The van der Waals surface area contributed by atoms with E-state index in [0.717, 1.165) is 16.9 Å². The van der Waals surface area contributed by atoms with Gasteiger partial charge in [-0.25, -0.2) is 19.9 Å². The van der Waals surface area contributed by atoms with Gasteiger partial charge in [-0.1, -0.05) is 0 Å². The molecule has 0 amide bonds. The van der Waals surface area contributed by atoms with Gasteiger partial charge in [0.25, 0.3) is 0 Å². The molecule has 0 bridgehead atoms. The van der Waals surface area contributed by atoms with Gasteiger partial charge in [-0.05, 0) is 18.2 Å². The van der Waals surface area contributed by atoms with Crippen LogP contribution in [0.5, 0.6) is 0 Å². The summed E-state index contributed by atoms with van der Waals surface area (Å²) in [5.41, 5.74) is 2.49. The summed E-state index contributed by atoms with van der Waals surface area (Å²) in [7, 11) is 0. The Bertz CT molecular complexity index is 639. The molecule has 6 heteroatoms. The Morgan fingerprint density at radius 3 is 2.42 bits per heavy atom. The molecule has 0 atom stereocenters. The molecule has 3 aromatic rings. The van der Waals surface area contributed by atoms with Gasteiger partial charge in [0.15, 0.2) is 0 Å². The molecule has 0 fully saturated rings. The minimum absolute atomic E-state index is 0.519. The highest BCUT2D eigenvalue weighted by atomic mass is 15.1. The summed E-state index contributed by atoms with van der Waals surface area (Å²) < 4.78 is 0. The van der Waals surface area contributed by atoms with Crippen molar-refractivity contribution in [3.8, 4) is 11.3 Å². The zero-order valence-electron chi connectivity index (χ0n) is 9.93. The van der Waals surface area contributed by atoms with Gasteiger partial charge in [0, 0.05) is 30.4 Å². The zero-order valence-corrected chi connectivity index (χ0v) is 9.93. The molecule has 3 heterocycles. The Balaban J connectivity index is 1.80. The molecule has 0 saturated carbocycles. The van der Waals surface area contributed by atoms with E-state index in [1.165, 1.54) is 6.33 Å². The van der Waals surface area contributed by atoms with Crippen LogP contribution in [0, 0.1) is 0 Å². The molecular formula is C13H10N6. The van der Waals surface area contributed by atoms with Crippen molar-refractivity contribution in [2.75, 3.05) is 5.32 Å². The van der Waals surface area contributed by atoms with Crippen molar-refractivity contribution in [1.29, 1.82) is 0 Å². The maximum absolute atomic E-state index is 4.24. The summed E-state index contributed by atoms with van der Waals surface area (Å²) in [6, 6.07) is 5.55. The summed E-state index contributed by atoms with van der Waals surface area (Å²) in [5, 5.41) is 3.07. The van der Waals surface area contributed by atoms with Gasteiger partial charge in [-0.15, -0.1) is 0 Å². The highest BCUT2D eigenvalue weighted by Gasteiger charge is 2.01. The lowest BCUT2D eigenvalue weighted by molar-refractivity contribution is 1.13. The third kappa shape index (κ3) is 2.68. The third-order valence-corrected chi connectivity index (χ3v) is 2.45. The van der Waals surface area contributed by atoms with Crippen LogP contribution in [0.25, 0.3) is 11.3 Å². The predicted octanol–water partition coefficient (Wildman–Crippen LogP) is 2.07. The van der Waals surface area contributed by atoms with Crippen LogP contribution in [0.2, 0.25) is 0 Å². The summed E-state index contributed by atoms with van der Waals surface area (Å²) >= 11 is 0. The standard InChI is InChI=1S/C13H10N6/c1-2-11(8-14-4-1)19-13-16-6-10(7-17-13)12-3-5-15-9-18-12/h1-9H,(H,16,17,19). The first-order valence-corrected chi connectivity index (χ1v) is 5.67. The van der Waals surface area contributed by atoms with Gasteiger partial charge in [0.2, 0.25) is 5.95 Å². The van der Waals surface area contributed by atoms with Crippen LogP contribution >= 0.6 is 0 Å². The maximum atomic E-state index is 4.24. The highest BCUT2D eigenvalue weighted by molar-refractivity contribution is 5.58. The molecule has 0 aliphatic rings. The number of aromatic nitrogens is 5. The monoisotopic (exact) mass is 250 g/mol. The molecule has 1 N–H and O–H groups in total. The van der Waals surface area contributed by atoms with Gasteiger partial charge in [0.1, 0.15) is 6.33 Å². The van der Waals surface area contributed by atoms with Crippen LogP contribution in [-0.2, 0) is 0 Å². The van der Waals surface area contributed by atoms with Crippen LogP contribution in [0.1, 0.15) is 0 Å². The number of nitrogens with zero attached hydrogens (tertiary/aromatic N) is 5. The van der Waals surface area contributed by atoms with Crippen molar-refractivity contribution in [2.24, 2.45) is 0 Å². The van der Waals surface area contributed by atoms with Crippen molar-refractivity contribution in [3.63, 3.8) is 0 Å². The van der Waals surface area contributed by atoms with Crippen LogP contribution in [0.3, 0.4) is 0 Å². The summed E-state index contributed by atoms with van der Waals surface area (Å²) in [5.74, 6) is 0.519. The SMILES string of the molecule is c1cncc(Nc2ncc(-c3ccncn3)cn2)c1. The second kappa shape index (κ2) is 5.18. The second-order valence-corrected chi connectivity index (χ2v) is 3.76. The van der Waals surface area contributed by atoms with E-state index in [9.17, 15) is 0 Å². The summed E-state index contributed by atoms with van der Waals surface area (Å²) in [6.45, 7) is 0. The van der Waals surface area contributed by atoms with Gasteiger partial charge in [0.05, 0.1) is 17.6 Å². The van der Waals surface area contributed by atoms with Crippen LogP contribution in [0.15, 0.2) is 55.5 Å². The molecule has 6 nitrogen and oxygen atoms in total. The zero-order chi connectivity index (χ0) is 12.9. The van der Waals surface area contributed by atoms with E-state index >= 15 is 0 Å². The fourth-order valence-corrected chi connectivity index (χ4v) is 1.55. The number of hydrogen-bond acceptors (Lipinski definition) is 6. The number of hydrogen-bond donors (Lipinski definition) is 1. The topological polar surface area (TPSA) is 76.5 Å². The van der Waals surface area contributed by atoms with E-state index in [4.69, 9.17) is 0 Å². The van der Waals surface area contributed by atoms with Crippen LogP contribution < -0.4 is 5.32 Å². The molecule has 92 valence electrons. The molecule has 3 aromatic heterocycles. The summed E-state index contributed by atoms with van der Waals surface area (Å²) in [4.78, 5) is 20.5. The molecular weight excluding hydrogens is 240 g/mol. The van der Waals surface area contributed by atoms with Gasteiger partial charge in [-0.2, -0.15) is 0 Å². The minimum Gasteiger partial charge on any atom is -0.323 e. The number of pyridine rings is 1. The second-order valence-electron chi connectivity index (χ2n) is 3.76. The molecule has 19 heavy (non-hydrogen) atoms. The smallest absolute Gasteiger partial charge is 0.227 e. The van der Waals surface area contributed by atoms with E-state index in [1.54, 1.807) is 31.0 Å². The number of rotatable bonds is 3. The Morgan fingerprint density at radius 1 is 0.842 bits per heavy atom. The molecule has 0 spiro atoms. The molecule has 0 aromatic carbocycles. The molecule has 0 aliphatic carbocycles. The minimum atomic E-state index is 0.519. The normalized spacial score (nSPS) is 10.1. The van der Waals surface area contributed by atoms with Crippen LogP contribution in [0.4, 0.5) is 11.6 Å². The average molecular weight is 250 g/mol.